The van der Waals surface area contributed by atoms with Gasteiger partial charge in [0, 0.05) is 11.8 Å². The van der Waals surface area contributed by atoms with E-state index in [9.17, 15) is 5.11 Å². The van der Waals surface area contributed by atoms with Crippen molar-refractivity contribution in [2.45, 2.75) is 13.0 Å². The van der Waals surface area contributed by atoms with Gasteiger partial charge in [-0.15, -0.1) is 0 Å². The predicted molar refractivity (Wildman–Crippen MR) is 69.1 cm³/mol. The molecule has 1 unspecified atom stereocenters. The number of ether oxygens (including phenoxy) is 1. The Morgan fingerprint density at radius 1 is 1.24 bits per heavy atom. The number of aromatic nitrogens is 1. The van der Waals surface area contributed by atoms with Gasteiger partial charge < -0.3 is 9.84 Å². The molecule has 0 aliphatic heterocycles. The fourth-order valence-corrected chi connectivity index (χ4v) is 1.80. The number of hydrogen-bond acceptors (Lipinski definition) is 3. The monoisotopic (exact) mass is 293 g/mol. The van der Waals surface area contributed by atoms with Crippen LogP contribution < -0.4 is 4.74 Å². The molecule has 1 N–H and O–H groups in total. The first-order valence-electron chi connectivity index (χ1n) is 5.24. The van der Waals surface area contributed by atoms with E-state index < -0.39 is 6.10 Å². The second-order valence-electron chi connectivity index (χ2n) is 3.61. The molecular formula is C13H12BrNO2. The SMILES string of the molecule is CC(O)c1cccnc1Oc1ccccc1Br. The van der Waals surface area contributed by atoms with Gasteiger partial charge in [-0.1, -0.05) is 12.1 Å². The number of nitrogens with zero attached hydrogens (tertiary/aromatic N) is 1. The Labute approximate surface area is 108 Å². The van der Waals surface area contributed by atoms with E-state index in [4.69, 9.17) is 4.74 Å². The summed E-state index contributed by atoms with van der Waals surface area (Å²) in [7, 11) is 0. The molecule has 4 heteroatoms. The van der Waals surface area contributed by atoms with Gasteiger partial charge in [-0.3, -0.25) is 0 Å². The molecule has 0 saturated heterocycles. The zero-order valence-corrected chi connectivity index (χ0v) is 10.9. The van der Waals surface area contributed by atoms with Gasteiger partial charge in [0.1, 0.15) is 5.75 Å². The van der Waals surface area contributed by atoms with Crippen molar-refractivity contribution in [3.63, 3.8) is 0 Å². The van der Waals surface area contributed by atoms with Crippen LogP contribution in [0, 0.1) is 0 Å². The maximum absolute atomic E-state index is 9.62. The Balaban J connectivity index is 2.34. The van der Waals surface area contributed by atoms with Crippen molar-refractivity contribution < 1.29 is 9.84 Å². The molecule has 17 heavy (non-hydrogen) atoms. The molecule has 1 heterocycles. The topological polar surface area (TPSA) is 42.4 Å². The molecular weight excluding hydrogens is 282 g/mol. The number of rotatable bonds is 3. The molecule has 3 nitrogen and oxygen atoms in total. The van der Waals surface area contributed by atoms with Crippen LogP contribution >= 0.6 is 15.9 Å². The summed E-state index contributed by atoms with van der Waals surface area (Å²) >= 11 is 3.40. The lowest BCUT2D eigenvalue weighted by atomic mass is 10.2. The van der Waals surface area contributed by atoms with Gasteiger partial charge in [-0.2, -0.15) is 0 Å². The van der Waals surface area contributed by atoms with Gasteiger partial charge in [-0.05, 0) is 47.1 Å². The molecule has 0 saturated carbocycles. The van der Waals surface area contributed by atoms with Crippen LogP contribution in [0.2, 0.25) is 0 Å². The number of para-hydroxylation sites is 1. The molecule has 0 fully saturated rings. The van der Waals surface area contributed by atoms with Crippen molar-refractivity contribution in [2.75, 3.05) is 0 Å². The zero-order chi connectivity index (χ0) is 12.3. The molecule has 0 amide bonds. The van der Waals surface area contributed by atoms with Crippen LogP contribution in [-0.2, 0) is 0 Å². The summed E-state index contributed by atoms with van der Waals surface area (Å²) in [5, 5.41) is 9.62. The third-order valence-corrected chi connectivity index (χ3v) is 2.95. The van der Waals surface area contributed by atoms with E-state index in [1.54, 1.807) is 25.3 Å². The third kappa shape index (κ3) is 2.84. The first-order valence-corrected chi connectivity index (χ1v) is 6.03. The predicted octanol–water partition coefficient (Wildman–Crippen LogP) is 3.69. The maximum Gasteiger partial charge on any atom is 0.225 e. The van der Waals surface area contributed by atoms with Crippen LogP contribution in [0.5, 0.6) is 11.6 Å². The second kappa shape index (κ2) is 5.29. The highest BCUT2D eigenvalue weighted by atomic mass is 79.9. The second-order valence-corrected chi connectivity index (χ2v) is 4.46. The highest BCUT2D eigenvalue weighted by molar-refractivity contribution is 9.10. The number of halogens is 1. The highest BCUT2D eigenvalue weighted by Crippen LogP contribution is 2.31. The molecule has 1 aromatic carbocycles. The number of hydrogen-bond donors (Lipinski definition) is 1. The van der Waals surface area contributed by atoms with E-state index in [0.29, 0.717) is 17.2 Å². The van der Waals surface area contributed by atoms with E-state index in [1.807, 2.05) is 24.3 Å². The molecule has 0 aliphatic rings. The summed E-state index contributed by atoms with van der Waals surface area (Å²) in [5.74, 6) is 1.10. The first kappa shape index (κ1) is 12.1. The largest absolute Gasteiger partial charge is 0.437 e. The summed E-state index contributed by atoms with van der Waals surface area (Å²) in [4.78, 5) is 4.13. The summed E-state index contributed by atoms with van der Waals surface area (Å²) in [6.07, 6.45) is 1.03. The van der Waals surface area contributed by atoms with E-state index in [2.05, 4.69) is 20.9 Å². The molecule has 0 spiro atoms. The van der Waals surface area contributed by atoms with Crippen LogP contribution in [-0.4, -0.2) is 10.1 Å². The fourth-order valence-electron chi connectivity index (χ4n) is 1.44. The van der Waals surface area contributed by atoms with Crippen molar-refractivity contribution in [1.29, 1.82) is 0 Å². The normalized spacial score (nSPS) is 12.2. The zero-order valence-electron chi connectivity index (χ0n) is 9.30. The summed E-state index contributed by atoms with van der Waals surface area (Å²) in [6, 6.07) is 11.1. The van der Waals surface area contributed by atoms with Gasteiger partial charge in [0.25, 0.3) is 0 Å². The van der Waals surface area contributed by atoms with E-state index in [1.165, 1.54) is 0 Å². The Morgan fingerprint density at radius 2 is 2.00 bits per heavy atom. The van der Waals surface area contributed by atoms with Crippen molar-refractivity contribution >= 4 is 15.9 Å². The molecule has 1 aromatic heterocycles. The van der Waals surface area contributed by atoms with Crippen LogP contribution in [0.3, 0.4) is 0 Å². The first-order chi connectivity index (χ1) is 8.18. The maximum atomic E-state index is 9.62. The van der Waals surface area contributed by atoms with E-state index in [0.717, 1.165) is 4.47 Å². The lowest BCUT2D eigenvalue weighted by molar-refractivity contribution is 0.194. The van der Waals surface area contributed by atoms with Crippen LogP contribution in [0.25, 0.3) is 0 Å². The molecule has 2 aromatic rings. The van der Waals surface area contributed by atoms with Crippen molar-refractivity contribution in [3.05, 3.63) is 52.6 Å². The molecule has 0 radical (unpaired) electrons. The minimum absolute atomic E-state index is 0.425. The fraction of sp³-hybridized carbons (Fsp3) is 0.154. The molecule has 88 valence electrons. The Morgan fingerprint density at radius 3 is 2.71 bits per heavy atom. The summed E-state index contributed by atoms with van der Waals surface area (Å²) in [5.41, 5.74) is 0.670. The lowest BCUT2D eigenvalue weighted by Gasteiger charge is -2.12. The molecule has 2 rings (SSSR count). The molecule has 1 atom stereocenters. The molecule has 0 bridgehead atoms. The Bertz CT molecular complexity index is 514. The number of pyridine rings is 1. The minimum atomic E-state index is -0.610. The van der Waals surface area contributed by atoms with E-state index in [-0.39, 0.29) is 0 Å². The number of aliphatic hydroxyl groups excluding tert-OH is 1. The van der Waals surface area contributed by atoms with Crippen LogP contribution in [0.4, 0.5) is 0 Å². The van der Waals surface area contributed by atoms with Gasteiger partial charge in [0.2, 0.25) is 5.88 Å². The average molecular weight is 294 g/mol. The van der Waals surface area contributed by atoms with Crippen molar-refractivity contribution in [3.8, 4) is 11.6 Å². The third-order valence-electron chi connectivity index (χ3n) is 2.29. The lowest BCUT2D eigenvalue weighted by Crippen LogP contribution is -1.98. The number of aliphatic hydroxyl groups is 1. The van der Waals surface area contributed by atoms with E-state index >= 15 is 0 Å². The van der Waals surface area contributed by atoms with Crippen molar-refractivity contribution in [1.82, 2.24) is 4.98 Å². The minimum Gasteiger partial charge on any atom is -0.437 e. The summed E-state index contributed by atoms with van der Waals surface area (Å²) in [6.45, 7) is 1.68. The smallest absolute Gasteiger partial charge is 0.225 e. The van der Waals surface area contributed by atoms with Gasteiger partial charge in [0.15, 0.2) is 0 Å². The highest BCUT2D eigenvalue weighted by Gasteiger charge is 2.11. The van der Waals surface area contributed by atoms with Crippen molar-refractivity contribution in [2.24, 2.45) is 0 Å². The van der Waals surface area contributed by atoms with Crippen LogP contribution in [0.15, 0.2) is 47.1 Å². The molecule has 0 aliphatic carbocycles. The van der Waals surface area contributed by atoms with Crippen LogP contribution in [0.1, 0.15) is 18.6 Å². The van der Waals surface area contributed by atoms with Gasteiger partial charge >= 0.3 is 0 Å². The Kier molecular flexibility index (Phi) is 3.76. The van der Waals surface area contributed by atoms with Gasteiger partial charge in [0.05, 0.1) is 10.6 Å². The quantitative estimate of drug-likeness (QED) is 0.938. The van der Waals surface area contributed by atoms with Gasteiger partial charge in [-0.25, -0.2) is 4.98 Å². The average Bonchev–Trinajstić information content (AvgIpc) is 2.32. The Hall–Kier alpha value is -1.39. The number of benzene rings is 1. The standard InChI is InChI=1S/C13H12BrNO2/c1-9(16)10-5-4-8-15-13(10)17-12-7-3-2-6-11(12)14/h2-9,16H,1H3. The summed E-state index contributed by atoms with van der Waals surface area (Å²) < 4.78 is 6.53.